The quantitative estimate of drug-likeness (QED) is 0.707. The van der Waals surface area contributed by atoms with Gasteiger partial charge in [-0.1, -0.05) is 0 Å². The van der Waals surface area contributed by atoms with Crippen LogP contribution in [-0.4, -0.2) is 41.6 Å². The van der Waals surface area contributed by atoms with Crippen molar-refractivity contribution in [2.75, 3.05) is 26.9 Å². The molecule has 0 aromatic carbocycles. The lowest BCUT2D eigenvalue weighted by Gasteiger charge is -2.12. The largest absolute Gasteiger partial charge is 0.490 e. The maximum atomic E-state index is 5.83. The van der Waals surface area contributed by atoms with E-state index < -0.39 is 0 Å². The van der Waals surface area contributed by atoms with Crippen molar-refractivity contribution >= 4 is 0 Å². The minimum absolute atomic E-state index is 0.567. The Morgan fingerprint density at radius 2 is 2.19 bits per heavy atom. The minimum atomic E-state index is 0.567. The van der Waals surface area contributed by atoms with Crippen LogP contribution in [0.25, 0.3) is 0 Å². The Bertz CT molecular complexity index is 528. The van der Waals surface area contributed by atoms with Crippen molar-refractivity contribution in [3.63, 3.8) is 0 Å². The molecule has 2 aromatic heterocycles. The molecule has 1 N–H and O–H groups in total. The van der Waals surface area contributed by atoms with Gasteiger partial charge < -0.3 is 14.8 Å². The third-order valence-electron chi connectivity index (χ3n) is 2.98. The van der Waals surface area contributed by atoms with Gasteiger partial charge in [0.05, 0.1) is 18.8 Å². The van der Waals surface area contributed by atoms with Crippen LogP contribution in [-0.2, 0) is 17.8 Å². The summed E-state index contributed by atoms with van der Waals surface area (Å²) in [4.78, 5) is 4.54. The maximum absolute atomic E-state index is 5.83. The van der Waals surface area contributed by atoms with Gasteiger partial charge in [-0.15, -0.1) is 0 Å². The molecular weight excluding hydrogens is 268 g/mol. The highest BCUT2D eigenvalue weighted by atomic mass is 16.5. The Labute approximate surface area is 125 Å². The summed E-state index contributed by atoms with van der Waals surface area (Å²) in [5.74, 6) is 0.817. The SMILES string of the molecule is COCCNCc1nc(C)ccc1OCCn1cccn1. The summed E-state index contributed by atoms with van der Waals surface area (Å²) in [7, 11) is 1.69. The van der Waals surface area contributed by atoms with Gasteiger partial charge in [-0.2, -0.15) is 5.10 Å². The number of ether oxygens (including phenoxy) is 2. The second-order valence-electron chi connectivity index (χ2n) is 4.68. The molecule has 0 atom stereocenters. The van der Waals surface area contributed by atoms with E-state index in [9.17, 15) is 0 Å². The molecule has 6 heteroatoms. The highest BCUT2D eigenvalue weighted by Gasteiger charge is 2.06. The summed E-state index contributed by atoms with van der Waals surface area (Å²) in [5.41, 5.74) is 1.91. The van der Waals surface area contributed by atoms with Gasteiger partial charge in [0.2, 0.25) is 0 Å². The van der Waals surface area contributed by atoms with E-state index in [0.717, 1.165) is 30.2 Å². The zero-order valence-electron chi connectivity index (χ0n) is 12.6. The first-order valence-electron chi connectivity index (χ1n) is 7.06. The Morgan fingerprint density at radius 3 is 2.95 bits per heavy atom. The molecule has 0 saturated heterocycles. The van der Waals surface area contributed by atoms with Gasteiger partial charge in [0, 0.05) is 38.3 Å². The van der Waals surface area contributed by atoms with Crippen LogP contribution in [0.4, 0.5) is 0 Å². The topological polar surface area (TPSA) is 61.2 Å². The fraction of sp³-hybridized carbons (Fsp3) is 0.467. The lowest BCUT2D eigenvalue weighted by Crippen LogP contribution is -2.20. The second kappa shape index (κ2) is 8.39. The van der Waals surface area contributed by atoms with Gasteiger partial charge in [0.1, 0.15) is 12.4 Å². The normalized spacial score (nSPS) is 10.8. The molecule has 0 spiro atoms. The molecule has 0 unspecified atom stereocenters. The molecule has 0 saturated carbocycles. The van der Waals surface area contributed by atoms with Crippen molar-refractivity contribution in [2.45, 2.75) is 20.0 Å². The van der Waals surface area contributed by atoms with Crippen LogP contribution in [0.2, 0.25) is 0 Å². The molecule has 0 fully saturated rings. The van der Waals surface area contributed by atoms with Gasteiger partial charge in [0.25, 0.3) is 0 Å². The third-order valence-corrected chi connectivity index (χ3v) is 2.98. The molecule has 0 aliphatic carbocycles. The van der Waals surface area contributed by atoms with E-state index in [2.05, 4.69) is 15.4 Å². The molecule has 0 aliphatic rings. The van der Waals surface area contributed by atoms with E-state index in [4.69, 9.17) is 9.47 Å². The number of hydrogen-bond donors (Lipinski definition) is 1. The first-order valence-corrected chi connectivity index (χ1v) is 7.06. The summed E-state index contributed by atoms with van der Waals surface area (Å²) in [6.45, 7) is 5.41. The molecule has 0 radical (unpaired) electrons. The van der Waals surface area contributed by atoms with Crippen LogP contribution in [0.5, 0.6) is 5.75 Å². The molecule has 6 nitrogen and oxygen atoms in total. The average Bonchev–Trinajstić information content (AvgIpc) is 2.99. The van der Waals surface area contributed by atoms with Crippen molar-refractivity contribution < 1.29 is 9.47 Å². The predicted octanol–water partition coefficient (Wildman–Crippen LogP) is 1.40. The standard InChI is InChI=1S/C15H22N4O2/c1-13-4-5-15(14(18-13)12-16-7-10-20-2)21-11-9-19-8-3-6-17-19/h3-6,8,16H,7,9-12H2,1-2H3. The number of nitrogens with zero attached hydrogens (tertiary/aromatic N) is 3. The van der Waals surface area contributed by atoms with Crippen molar-refractivity contribution in [3.05, 3.63) is 42.0 Å². The molecule has 2 aromatic rings. The number of aryl methyl sites for hydroxylation is 1. The fourth-order valence-electron chi connectivity index (χ4n) is 1.92. The van der Waals surface area contributed by atoms with Crippen LogP contribution in [0.3, 0.4) is 0 Å². The first-order chi connectivity index (χ1) is 10.3. The number of methoxy groups -OCH3 is 1. The van der Waals surface area contributed by atoms with Crippen LogP contribution in [0.15, 0.2) is 30.6 Å². The van der Waals surface area contributed by atoms with E-state index >= 15 is 0 Å². The minimum Gasteiger partial charge on any atom is -0.490 e. The van der Waals surface area contributed by atoms with Crippen LogP contribution in [0, 0.1) is 6.92 Å². The fourth-order valence-corrected chi connectivity index (χ4v) is 1.92. The summed E-state index contributed by atoms with van der Waals surface area (Å²) < 4.78 is 12.7. The van der Waals surface area contributed by atoms with Gasteiger partial charge in [0.15, 0.2) is 0 Å². The number of nitrogens with one attached hydrogen (secondary N) is 1. The number of aromatic nitrogens is 3. The van der Waals surface area contributed by atoms with Crippen LogP contribution >= 0.6 is 0 Å². The van der Waals surface area contributed by atoms with Gasteiger partial charge >= 0.3 is 0 Å². The maximum Gasteiger partial charge on any atom is 0.142 e. The molecule has 114 valence electrons. The zero-order valence-corrected chi connectivity index (χ0v) is 12.6. The molecule has 0 bridgehead atoms. The van der Waals surface area contributed by atoms with Gasteiger partial charge in [-0.25, -0.2) is 0 Å². The van der Waals surface area contributed by atoms with E-state index in [1.54, 1.807) is 13.3 Å². The zero-order chi connectivity index (χ0) is 14.9. The summed E-state index contributed by atoms with van der Waals surface area (Å²) in [6.07, 6.45) is 3.68. The summed E-state index contributed by atoms with van der Waals surface area (Å²) in [6, 6.07) is 5.83. The molecule has 0 amide bonds. The summed E-state index contributed by atoms with van der Waals surface area (Å²) in [5, 5.41) is 7.44. The Balaban J connectivity index is 1.87. The Hall–Kier alpha value is -1.92. The number of rotatable bonds is 9. The Kier molecular flexibility index (Phi) is 6.18. The lowest BCUT2D eigenvalue weighted by atomic mass is 10.3. The molecular formula is C15H22N4O2. The smallest absolute Gasteiger partial charge is 0.142 e. The lowest BCUT2D eigenvalue weighted by molar-refractivity contribution is 0.198. The van der Waals surface area contributed by atoms with Crippen molar-refractivity contribution in [1.82, 2.24) is 20.1 Å². The third kappa shape index (κ3) is 5.17. The van der Waals surface area contributed by atoms with Crippen LogP contribution < -0.4 is 10.1 Å². The van der Waals surface area contributed by atoms with E-state index in [1.165, 1.54) is 0 Å². The van der Waals surface area contributed by atoms with Crippen molar-refractivity contribution in [3.8, 4) is 5.75 Å². The highest BCUT2D eigenvalue weighted by Crippen LogP contribution is 2.16. The van der Waals surface area contributed by atoms with Crippen molar-refractivity contribution in [2.24, 2.45) is 0 Å². The molecule has 21 heavy (non-hydrogen) atoms. The Morgan fingerprint density at radius 1 is 1.29 bits per heavy atom. The molecule has 0 aliphatic heterocycles. The first kappa shape index (κ1) is 15.5. The van der Waals surface area contributed by atoms with E-state index in [0.29, 0.717) is 19.8 Å². The number of pyridine rings is 1. The number of hydrogen-bond acceptors (Lipinski definition) is 5. The molecule has 2 rings (SSSR count). The van der Waals surface area contributed by atoms with Gasteiger partial charge in [-0.3, -0.25) is 9.67 Å². The van der Waals surface area contributed by atoms with Crippen molar-refractivity contribution in [1.29, 1.82) is 0 Å². The predicted molar refractivity (Wildman–Crippen MR) is 80.3 cm³/mol. The second-order valence-corrected chi connectivity index (χ2v) is 4.68. The van der Waals surface area contributed by atoms with Crippen LogP contribution in [0.1, 0.15) is 11.4 Å². The highest BCUT2D eigenvalue weighted by molar-refractivity contribution is 5.29. The monoisotopic (exact) mass is 290 g/mol. The van der Waals surface area contributed by atoms with E-state index in [-0.39, 0.29) is 0 Å². The average molecular weight is 290 g/mol. The molecule has 2 heterocycles. The summed E-state index contributed by atoms with van der Waals surface area (Å²) >= 11 is 0. The van der Waals surface area contributed by atoms with Gasteiger partial charge in [-0.05, 0) is 25.1 Å². The van der Waals surface area contributed by atoms with E-state index in [1.807, 2.05) is 36.0 Å².